The summed E-state index contributed by atoms with van der Waals surface area (Å²) in [7, 11) is -21.7. The maximum atomic E-state index is 13.1. The van der Waals surface area contributed by atoms with Crippen LogP contribution < -0.4 is 46.9 Å². The summed E-state index contributed by atoms with van der Waals surface area (Å²) in [6.45, 7) is 6.62. The van der Waals surface area contributed by atoms with Gasteiger partial charge >= 0.3 is 29.6 Å². The van der Waals surface area contributed by atoms with Gasteiger partial charge in [0.2, 0.25) is 17.2 Å². The van der Waals surface area contributed by atoms with Crippen LogP contribution in [0.1, 0.15) is 69.7 Å². The number of carbonyl (C=O) groups excluding carboxylic acids is 2. The molecule has 34 heteroatoms. The Bertz CT molecular complexity index is 3340. The van der Waals surface area contributed by atoms with Crippen molar-refractivity contribution in [3.05, 3.63) is 62.8 Å². The molecule has 0 spiro atoms. The van der Waals surface area contributed by atoms with Crippen molar-refractivity contribution in [1.29, 1.82) is 0 Å². The lowest BCUT2D eigenvalue weighted by atomic mass is 9.79. The van der Waals surface area contributed by atoms with Gasteiger partial charge in [0.05, 0.1) is 24.8 Å². The number of hydrogen-bond acceptors (Lipinski definition) is 20. The number of alkyl carbamates (subject to hydrolysis) is 1. The number of anilines is 2. The number of hydrogen-bond donors (Lipinski definition) is 10. The number of ether oxygens (including phenoxy) is 3. The molecule has 1 fully saturated rings. The summed E-state index contributed by atoms with van der Waals surface area (Å²) in [5.74, 6) is -0.783. The van der Waals surface area contributed by atoms with E-state index >= 15 is 0 Å². The molecule has 0 aliphatic carbocycles. The zero-order chi connectivity index (χ0) is 53.7. The number of phosphoric ester groups is 1. The monoisotopic (exact) mass is 1120 g/mol. The second-order valence-electron chi connectivity index (χ2n) is 18.3. The van der Waals surface area contributed by atoms with E-state index in [1.165, 1.54) is 5.56 Å². The Morgan fingerprint density at radius 2 is 1.80 bits per heavy atom. The third-order valence-corrected chi connectivity index (χ3v) is 17.2. The van der Waals surface area contributed by atoms with Crippen molar-refractivity contribution in [2.24, 2.45) is 4.99 Å². The second kappa shape index (κ2) is 21.1. The van der Waals surface area contributed by atoms with Crippen LogP contribution in [0.2, 0.25) is 0 Å². The highest BCUT2D eigenvalue weighted by Crippen LogP contribution is 2.66. The highest BCUT2D eigenvalue weighted by molar-refractivity contribution is 7.85. The van der Waals surface area contributed by atoms with Crippen LogP contribution >= 0.6 is 23.5 Å². The predicted molar refractivity (Wildman–Crippen MR) is 256 cm³/mol. The number of benzene rings is 2. The number of aromatic amines is 1. The number of nitrogens with one attached hydrogen (secondary N) is 3. The fraction of sp³-hybridized carbons (Fsp3) is 0.525. The minimum Gasteiger partial charge on any atom is -0.452 e. The Balaban J connectivity index is 0.895. The normalized spacial score (nSPS) is 22.7. The molecule has 74 heavy (non-hydrogen) atoms. The number of rotatable bonds is 19. The number of imidazole rings is 1. The molecule has 2 aromatic carbocycles. The predicted octanol–water partition coefficient (Wildman–Crippen LogP) is 0.469. The maximum absolute atomic E-state index is 13.1. The van der Waals surface area contributed by atoms with E-state index in [-0.39, 0.29) is 42.5 Å². The number of nitrogens with zero attached hydrogens (tertiary/aromatic N) is 6. The number of carbonyl (C=O) groups is 2. The van der Waals surface area contributed by atoms with Crippen molar-refractivity contribution in [2.75, 3.05) is 55.7 Å². The van der Waals surface area contributed by atoms with Crippen LogP contribution in [0.25, 0.3) is 11.2 Å². The fourth-order valence-electron chi connectivity index (χ4n) is 9.53. The first-order valence-electron chi connectivity index (χ1n) is 22.9. The van der Waals surface area contributed by atoms with E-state index in [9.17, 15) is 55.9 Å². The largest absolute Gasteiger partial charge is 0.490 e. The quantitative estimate of drug-likeness (QED) is 0.0232. The van der Waals surface area contributed by atoms with Gasteiger partial charge < -0.3 is 60.2 Å². The average molecular weight is 1120 g/mol. The SMILES string of the molecule is CC[N+]1=c2cc3c(cc2CCC1)=Nc1cc2c(cc1O3)N(CCCC(=O)NCCNC(=O)O[C@@H]1[C@H](O)[C@@H](COP(=O)(O)OP(=O)(O)OP(=O)(O)O)O[C@H]1n1cnc3c(=O)[nH]c(N)nc31)C(C)(C)CC2CS(=O)(=O)O. The number of amides is 2. The topological polar surface area (TPSA) is 429 Å². The van der Waals surface area contributed by atoms with Crippen LogP contribution in [0, 0.1) is 0 Å². The molecule has 404 valence electrons. The molecule has 7 atom stereocenters. The smallest absolute Gasteiger partial charge is 0.452 e. The van der Waals surface area contributed by atoms with Gasteiger partial charge in [0.15, 0.2) is 35.0 Å². The van der Waals surface area contributed by atoms with Gasteiger partial charge in [-0.3, -0.25) is 28.2 Å². The lowest BCUT2D eigenvalue weighted by molar-refractivity contribution is -0.121. The summed E-state index contributed by atoms with van der Waals surface area (Å²) >= 11 is 0. The van der Waals surface area contributed by atoms with E-state index in [0.29, 0.717) is 53.2 Å². The van der Waals surface area contributed by atoms with Gasteiger partial charge in [-0.1, -0.05) is 0 Å². The Kier molecular flexibility index (Phi) is 15.7. The standard InChI is InChI=1S/C40H53N10O20P3S/c1-4-48-11-5-7-21-13-24-28(15-26(21)48)66-29-16-27-23(14-25(29)45-24)22(19-74(62,63)64)17-40(2,3)50(27)12-6-8-31(51)42-9-10-43-39(54)68-34-33(52)30(18-65-72(58,59)70-73(60,61)69-71(55,56)57)67-37(34)49-20-44-32-35(49)46-38(41)47-36(32)53/h13-16,20,22,30,33-34,37,52H,4-12,17-19H2,1-3H3,(H9-,41,42,43,46,47,51,53,54,55,56,57,58,59,60,61,62,63,64)/p+1/t22?,30-,33-,34-,37-/m1/s1. The molecule has 0 radical (unpaired) electrons. The maximum Gasteiger partial charge on any atom is 0.490 e. The number of phosphoric acid groups is 3. The van der Waals surface area contributed by atoms with Gasteiger partial charge in [0.1, 0.15) is 36.3 Å². The molecular formula is C40H54N10O20P3S+. The number of aromatic nitrogens is 4. The minimum absolute atomic E-state index is 0.0271. The Hall–Kier alpha value is -5.23. The Labute approximate surface area is 419 Å². The van der Waals surface area contributed by atoms with Gasteiger partial charge in [0.25, 0.3) is 15.7 Å². The van der Waals surface area contributed by atoms with Crippen LogP contribution in [-0.2, 0) is 57.6 Å². The average Bonchev–Trinajstić information content (AvgIpc) is 3.83. The number of H-pyrrole nitrogens is 1. The fourth-order valence-corrected chi connectivity index (χ4v) is 13.4. The molecule has 3 unspecified atom stereocenters. The first kappa shape index (κ1) is 55.0. The van der Waals surface area contributed by atoms with E-state index in [1.54, 1.807) is 6.07 Å². The molecule has 30 nitrogen and oxygen atoms in total. The molecule has 2 amide bonds. The summed E-state index contributed by atoms with van der Waals surface area (Å²) in [5.41, 5.74) is 6.81. The van der Waals surface area contributed by atoms with Crippen LogP contribution in [-0.4, -0.2) is 138 Å². The number of nitrogen functional groups attached to an aromatic ring is 1. The lowest BCUT2D eigenvalue weighted by Crippen LogP contribution is -2.50. The summed E-state index contributed by atoms with van der Waals surface area (Å²) in [4.78, 5) is 93.1. The number of aryl methyl sites for hydroxylation is 1. The summed E-state index contributed by atoms with van der Waals surface area (Å²) in [6, 6.07) is 7.67. The van der Waals surface area contributed by atoms with Gasteiger partial charge in [-0.2, -0.15) is 22.0 Å². The molecule has 4 aliphatic rings. The van der Waals surface area contributed by atoms with Gasteiger partial charge in [-0.05, 0) is 57.7 Å². The van der Waals surface area contributed by atoms with E-state index in [2.05, 4.69) is 55.1 Å². The van der Waals surface area contributed by atoms with Crippen LogP contribution in [0.3, 0.4) is 0 Å². The van der Waals surface area contributed by atoms with Crippen molar-refractivity contribution in [3.8, 4) is 11.5 Å². The van der Waals surface area contributed by atoms with E-state index in [4.69, 9.17) is 34.7 Å². The van der Waals surface area contributed by atoms with Crippen LogP contribution in [0.15, 0.2) is 40.4 Å². The number of aliphatic hydroxyl groups is 1. The molecule has 4 aliphatic heterocycles. The molecule has 11 N–H and O–H groups in total. The van der Waals surface area contributed by atoms with Gasteiger partial charge in [-0.15, -0.1) is 0 Å². The van der Waals surface area contributed by atoms with Crippen molar-refractivity contribution < 1.29 is 88.3 Å². The first-order chi connectivity index (χ1) is 34.6. The zero-order valence-corrected chi connectivity index (χ0v) is 43.2. The highest BCUT2D eigenvalue weighted by atomic mass is 32.2. The number of fused-ring (bicyclic) bond motifs is 5. The van der Waals surface area contributed by atoms with Crippen LogP contribution in [0.4, 0.5) is 22.1 Å². The summed E-state index contributed by atoms with van der Waals surface area (Å²) < 4.78 is 103. The van der Waals surface area contributed by atoms with Crippen molar-refractivity contribution in [2.45, 2.75) is 88.9 Å². The van der Waals surface area contributed by atoms with Crippen molar-refractivity contribution >= 4 is 74.1 Å². The minimum atomic E-state index is -5.91. The highest BCUT2D eigenvalue weighted by Gasteiger charge is 2.50. The molecule has 1 saturated heterocycles. The zero-order valence-electron chi connectivity index (χ0n) is 39.7. The molecular weight excluding hydrogens is 1070 g/mol. The van der Waals surface area contributed by atoms with E-state index < -0.39 is 93.6 Å². The molecule has 0 saturated carbocycles. The second-order valence-corrected chi connectivity index (χ2v) is 24.2. The first-order valence-corrected chi connectivity index (χ1v) is 29.0. The molecule has 6 heterocycles. The van der Waals surface area contributed by atoms with Gasteiger partial charge in [-0.25, -0.2) is 33.0 Å². The summed E-state index contributed by atoms with van der Waals surface area (Å²) in [5, 5.41) is 18.1. The number of nitrogens with two attached hydrogens (primary N) is 1. The van der Waals surface area contributed by atoms with Gasteiger partial charge in [0, 0.05) is 61.2 Å². The number of aliphatic hydroxyl groups excluding tert-OH is 1. The van der Waals surface area contributed by atoms with E-state index in [0.717, 1.165) is 42.2 Å². The third kappa shape index (κ3) is 12.7. The summed E-state index contributed by atoms with van der Waals surface area (Å²) in [6.07, 6.45) is -4.57. The van der Waals surface area contributed by atoms with Crippen molar-refractivity contribution in [1.82, 2.24) is 34.7 Å². The molecule has 2 aromatic heterocycles. The lowest BCUT2D eigenvalue weighted by Gasteiger charge is -2.48. The van der Waals surface area contributed by atoms with Crippen LogP contribution in [0.5, 0.6) is 11.5 Å². The molecule has 8 rings (SSSR count). The van der Waals surface area contributed by atoms with E-state index in [1.807, 2.05) is 32.0 Å². The Morgan fingerprint density at radius 1 is 1.05 bits per heavy atom. The molecule has 4 aromatic rings. The molecule has 0 bridgehead atoms. The Morgan fingerprint density at radius 3 is 2.51 bits per heavy atom. The van der Waals surface area contributed by atoms with Crippen molar-refractivity contribution in [3.63, 3.8) is 0 Å². The third-order valence-electron chi connectivity index (χ3n) is 12.5.